The highest BCUT2D eigenvalue weighted by atomic mass is 16.5. The number of benzene rings is 1. The van der Waals surface area contributed by atoms with E-state index in [1.165, 1.54) is 14.2 Å². The molecule has 1 amide bonds. The van der Waals surface area contributed by atoms with Gasteiger partial charge in [0.15, 0.2) is 17.6 Å². The summed E-state index contributed by atoms with van der Waals surface area (Å²) in [5.41, 5.74) is 0.657. The van der Waals surface area contributed by atoms with Crippen LogP contribution in [0.4, 0.5) is 4.79 Å². The summed E-state index contributed by atoms with van der Waals surface area (Å²) in [5.74, 6) is -0.457. The molecule has 0 bridgehead atoms. The average molecular weight is 327 g/mol. The number of amides is 1. The highest BCUT2D eigenvalue weighted by Crippen LogP contribution is 2.28. The zero-order chi connectivity index (χ0) is 17.4. The molecule has 0 saturated heterocycles. The van der Waals surface area contributed by atoms with Crippen LogP contribution in [0.3, 0.4) is 0 Å². The number of aliphatic carboxylic acids is 1. The van der Waals surface area contributed by atoms with Crippen LogP contribution in [0.15, 0.2) is 18.2 Å². The Bertz CT molecular complexity index is 547. The van der Waals surface area contributed by atoms with Crippen molar-refractivity contribution >= 4 is 12.1 Å². The summed E-state index contributed by atoms with van der Waals surface area (Å²) in [4.78, 5) is 22.5. The lowest BCUT2D eigenvalue weighted by atomic mass is 10.0. The fourth-order valence-electron chi connectivity index (χ4n) is 2.00. The van der Waals surface area contributed by atoms with Gasteiger partial charge in [-0.3, -0.25) is 0 Å². The van der Waals surface area contributed by atoms with E-state index in [4.69, 9.17) is 19.3 Å². The molecular formula is C15H21NO7. The van der Waals surface area contributed by atoms with Crippen molar-refractivity contribution in [1.29, 1.82) is 0 Å². The first-order chi connectivity index (χ1) is 10.9. The number of alkyl carbamates (subject to hydrolysis) is 1. The largest absolute Gasteiger partial charge is 0.493 e. The third-order valence-electron chi connectivity index (χ3n) is 3.12. The maximum Gasteiger partial charge on any atom is 0.407 e. The van der Waals surface area contributed by atoms with Crippen molar-refractivity contribution in [2.45, 2.75) is 25.5 Å². The number of hydrogen-bond donors (Lipinski definition) is 3. The Labute approximate surface area is 134 Å². The summed E-state index contributed by atoms with van der Waals surface area (Å²) in [5, 5.41) is 21.1. The quantitative estimate of drug-likeness (QED) is 0.647. The summed E-state index contributed by atoms with van der Waals surface area (Å²) in [6.07, 6.45) is -2.49. The van der Waals surface area contributed by atoms with Gasteiger partial charge in [-0.25, -0.2) is 9.59 Å². The number of aliphatic hydroxyl groups is 1. The van der Waals surface area contributed by atoms with Gasteiger partial charge in [-0.1, -0.05) is 6.07 Å². The maximum atomic E-state index is 11.5. The lowest BCUT2D eigenvalue weighted by Crippen LogP contribution is -2.48. The number of aliphatic hydroxyl groups excluding tert-OH is 1. The molecule has 3 N–H and O–H groups in total. The van der Waals surface area contributed by atoms with Crippen molar-refractivity contribution in [2.24, 2.45) is 0 Å². The second kappa shape index (κ2) is 8.84. The predicted molar refractivity (Wildman–Crippen MR) is 80.8 cm³/mol. The van der Waals surface area contributed by atoms with E-state index in [1.54, 1.807) is 25.1 Å². The number of carbonyl (C=O) groups is 2. The molecule has 2 atom stereocenters. The summed E-state index contributed by atoms with van der Waals surface area (Å²) < 4.78 is 15.0. The Balaban J connectivity index is 2.95. The van der Waals surface area contributed by atoms with Crippen molar-refractivity contribution < 1.29 is 34.0 Å². The van der Waals surface area contributed by atoms with Crippen molar-refractivity contribution in [3.63, 3.8) is 0 Å². The molecule has 0 aliphatic carbocycles. The molecule has 0 radical (unpaired) electrons. The third-order valence-corrected chi connectivity index (χ3v) is 3.12. The first-order valence-electron chi connectivity index (χ1n) is 6.98. The highest BCUT2D eigenvalue weighted by Gasteiger charge is 2.28. The molecule has 0 saturated carbocycles. The molecule has 0 aromatic heterocycles. The second-order valence-corrected chi connectivity index (χ2v) is 4.65. The molecule has 1 aromatic carbocycles. The number of rotatable bonds is 8. The number of hydrogen-bond acceptors (Lipinski definition) is 6. The fraction of sp³-hybridized carbons (Fsp3) is 0.467. The van der Waals surface area contributed by atoms with Gasteiger partial charge in [-0.2, -0.15) is 0 Å². The number of methoxy groups -OCH3 is 2. The molecule has 1 aromatic rings. The molecule has 0 aliphatic heterocycles. The molecule has 2 unspecified atom stereocenters. The normalized spacial score (nSPS) is 12.9. The Morgan fingerprint density at radius 1 is 1.22 bits per heavy atom. The monoisotopic (exact) mass is 327 g/mol. The molecular weight excluding hydrogens is 306 g/mol. The molecule has 0 aliphatic rings. The van der Waals surface area contributed by atoms with Crippen LogP contribution in [-0.2, 0) is 16.0 Å². The van der Waals surface area contributed by atoms with Crippen molar-refractivity contribution in [3.8, 4) is 11.5 Å². The summed E-state index contributed by atoms with van der Waals surface area (Å²) in [7, 11) is 2.97. The minimum Gasteiger partial charge on any atom is -0.493 e. The molecule has 0 heterocycles. The number of carboxylic acids is 1. The van der Waals surface area contributed by atoms with Gasteiger partial charge in [-0.05, 0) is 31.0 Å². The van der Waals surface area contributed by atoms with Crippen LogP contribution >= 0.6 is 0 Å². The Hall–Kier alpha value is -2.48. The Morgan fingerprint density at radius 2 is 1.87 bits per heavy atom. The molecule has 128 valence electrons. The Kier molecular flexibility index (Phi) is 7.14. The van der Waals surface area contributed by atoms with E-state index in [-0.39, 0.29) is 13.0 Å². The summed E-state index contributed by atoms with van der Waals surface area (Å²) >= 11 is 0. The number of ether oxygens (including phenoxy) is 3. The van der Waals surface area contributed by atoms with Gasteiger partial charge < -0.3 is 29.7 Å². The van der Waals surface area contributed by atoms with Crippen LogP contribution in [0, 0.1) is 0 Å². The smallest absolute Gasteiger partial charge is 0.407 e. The molecule has 8 nitrogen and oxygen atoms in total. The average Bonchev–Trinajstić information content (AvgIpc) is 2.53. The van der Waals surface area contributed by atoms with Crippen LogP contribution in [-0.4, -0.2) is 55.2 Å². The minimum atomic E-state index is -1.77. The van der Waals surface area contributed by atoms with Gasteiger partial charge in [0.1, 0.15) is 0 Å². The van der Waals surface area contributed by atoms with E-state index in [0.29, 0.717) is 17.1 Å². The zero-order valence-electron chi connectivity index (χ0n) is 13.2. The molecule has 0 spiro atoms. The topological polar surface area (TPSA) is 114 Å². The SMILES string of the molecule is CCOC(=O)NC(Cc1ccc(OC)c(OC)c1)C(O)C(=O)O. The predicted octanol–water partition coefficient (Wildman–Crippen LogP) is 0.807. The lowest BCUT2D eigenvalue weighted by molar-refractivity contribution is -0.148. The van der Waals surface area contributed by atoms with Gasteiger partial charge in [0, 0.05) is 0 Å². The van der Waals surface area contributed by atoms with Gasteiger partial charge in [0.2, 0.25) is 0 Å². The van der Waals surface area contributed by atoms with Crippen LogP contribution in [0.25, 0.3) is 0 Å². The second-order valence-electron chi connectivity index (χ2n) is 4.65. The number of carboxylic acid groups (broad SMARTS) is 1. The lowest BCUT2D eigenvalue weighted by Gasteiger charge is -2.21. The molecule has 1 rings (SSSR count). The van der Waals surface area contributed by atoms with E-state index >= 15 is 0 Å². The Morgan fingerprint density at radius 3 is 2.39 bits per heavy atom. The zero-order valence-corrected chi connectivity index (χ0v) is 13.2. The minimum absolute atomic E-state index is 0.0760. The van der Waals surface area contributed by atoms with Crippen molar-refractivity contribution in [3.05, 3.63) is 23.8 Å². The molecule has 23 heavy (non-hydrogen) atoms. The van der Waals surface area contributed by atoms with Gasteiger partial charge >= 0.3 is 12.1 Å². The summed E-state index contributed by atoms with van der Waals surface area (Å²) in [6.45, 7) is 1.76. The number of nitrogens with one attached hydrogen (secondary N) is 1. The van der Waals surface area contributed by atoms with E-state index in [1.807, 2.05) is 0 Å². The van der Waals surface area contributed by atoms with Gasteiger partial charge in [0.05, 0.1) is 26.9 Å². The summed E-state index contributed by atoms with van der Waals surface area (Å²) in [6, 6.07) is 3.94. The first-order valence-corrected chi connectivity index (χ1v) is 6.98. The molecule has 8 heteroatoms. The molecule has 0 fully saturated rings. The fourth-order valence-corrected chi connectivity index (χ4v) is 2.00. The maximum absolute atomic E-state index is 11.5. The van der Waals surface area contributed by atoms with Gasteiger partial charge in [-0.15, -0.1) is 0 Å². The van der Waals surface area contributed by atoms with Crippen LogP contribution in [0.2, 0.25) is 0 Å². The van der Waals surface area contributed by atoms with E-state index in [2.05, 4.69) is 5.32 Å². The third kappa shape index (κ3) is 5.33. The highest BCUT2D eigenvalue weighted by molar-refractivity contribution is 5.75. The van der Waals surface area contributed by atoms with E-state index in [0.717, 1.165) is 0 Å². The van der Waals surface area contributed by atoms with Crippen molar-refractivity contribution in [1.82, 2.24) is 5.32 Å². The van der Waals surface area contributed by atoms with Crippen molar-refractivity contribution in [2.75, 3.05) is 20.8 Å². The first kappa shape index (κ1) is 18.6. The standard InChI is InChI=1S/C15H21NO7/c1-4-23-15(20)16-10(13(17)14(18)19)7-9-5-6-11(21-2)12(8-9)22-3/h5-6,8,10,13,17H,4,7H2,1-3H3,(H,16,20)(H,18,19). The van der Waals surface area contributed by atoms with Crippen LogP contribution < -0.4 is 14.8 Å². The van der Waals surface area contributed by atoms with Crippen LogP contribution in [0.5, 0.6) is 11.5 Å². The van der Waals surface area contributed by atoms with E-state index in [9.17, 15) is 14.7 Å². The van der Waals surface area contributed by atoms with Crippen LogP contribution in [0.1, 0.15) is 12.5 Å². The van der Waals surface area contributed by atoms with E-state index < -0.39 is 24.2 Å². The van der Waals surface area contributed by atoms with Gasteiger partial charge in [0.25, 0.3) is 0 Å². The number of carbonyl (C=O) groups excluding carboxylic acids is 1.